The van der Waals surface area contributed by atoms with Gasteiger partial charge in [-0.1, -0.05) is 25.3 Å². The summed E-state index contributed by atoms with van der Waals surface area (Å²) < 4.78 is 128. The van der Waals surface area contributed by atoms with Gasteiger partial charge in [0.1, 0.15) is 0 Å². The molecular formula is C14H20F10OP+. The molecule has 0 aromatic rings. The lowest BCUT2D eigenvalue weighted by molar-refractivity contribution is -0.269. The maximum atomic E-state index is 13.4. The molecule has 0 atom stereocenters. The third-order valence-electron chi connectivity index (χ3n) is 3.75. The highest BCUT2D eigenvalue weighted by molar-refractivity contribution is 7.72. The molecule has 0 aliphatic heterocycles. The monoisotopic (exact) mass is 425 g/mol. The fourth-order valence-electron chi connectivity index (χ4n) is 2.21. The highest BCUT2D eigenvalue weighted by atomic mass is 31.2. The Kier molecular flexibility index (Phi) is 8.88. The van der Waals surface area contributed by atoms with Gasteiger partial charge in [0.2, 0.25) is 0 Å². The number of unbranched alkanes of at least 4 members (excludes halogenated alkanes) is 6. The van der Waals surface area contributed by atoms with E-state index in [9.17, 15) is 48.8 Å². The topological polar surface area (TPSA) is 20.2 Å². The zero-order valence-electron chi connectivity index (χ0n) is 13.6. The van der Waals surface area contributed by atoms with Crippen molar-refractivity contribution in [2.24, 2.45) is 0 Å². The summed E-state index contributed by atoms with van der Waals surface area (Å²) in [6, 6.07) is 0. The summed E-state index contributed by atoms with van der Waals surface area (Å²) in [5.74, 6) is 0. The molecule has 0 aromatic carbocycles. The second-order valence-corrected chi connectivity index (χ2v) is 8.88. The first-order chi connectivity index (χ1) is 11.6. The fraction of sp³-hybridized carbons (Fsp3) is 0.857. The van der Waals surface area contributed by atoms with Gasteiger partial charge >= 0.3 is 31.2 Å². The molecule has 156 valence electrons. The minimum Gasteiger partial charge on any atom is -0.238 e. The van der Waals surface area contributed by atoms with E-state index in [1.807, 2.05) is 0 Å². The molecule has 26 heavy (non-hydrogen) atoms. The third kappa shape index (κ3) is 5.47. The van der Waals surface area contributed by atoms with Gasteiger partial charge in [-0.25, -0.2) is 4.89 Å². The first-order valence-electron chi connectivity index (χ1n) is 7.67. The van der Waals surface area contributed by atoms with Crippen LogP contribution in [-0.2, 0) is 0 Å². The normalized spacial score (nSPS) is 14.6. The molecule has 0 aliphatic carbocycles. The van der Waals surface area contributed by atoms with E-state index in [1.165, 1.54) is 0 Å². The molecule has 0 bridgehead atoms. The summed E-state index contributed by atoms with van der Waals surface area (Å²) in [7, 11) is -7.11. The van der Waals surface area contributed by atoms with Crippen molar-refractivity contribution >= 4 is 7.49 Å². The number of allylic oxidation sites excluding steroid dienone is 1. The first-order valence-corrected chi connectivity index (χ1v) is 9.60. The SMILES string of the molecule is C=CCCCCCCCC[P+](O)(C(F)(F)C(F)(F)F)C(F)(F)C(F)(F)F. The molecule has 0 unspecified atom stereocenters. The second-order valence-electron chi connectivity index (χ2n) is 5.77. The Morgan fingerprint density at radius 3 is 1.35 bits per heavy atom. The molecule has 0 spiro atoms. The maximum Gasteiger partial charge on any atom is 0.496 e. The van der Waals surface area contributed by atoms with E-state index in [-0.39, 0.29) is 12.8 Å². The van der Waals surface area contributed by atoms with Gasteiger partial charge in [-0.2, -0.15) is 43.9 Å². The molecule has 0 heterocycles. The Bertz CT molecular complexity index is 418. The Labute approximate surface area is 144 Å². The molecule has 0 amide bonds. The lowest BCUT2D eigenvalue weighted by atomic mass is 10.1. The van der Waals surface area contributed by atoms with Gasteiger partial charge in [0.05, 0.1) is 6.16 Å². The summed E-state index contributed by atoms with van der Waals surface area (Å²) in [6.07, 6.45) is -11.9. The average Bonchev–Trinajstić information content (AvgIpc) is 2.47. The van der Waals surface area contributed by atoms with E-state index < -0.39 is 43.8 Å². The van der Waals surface area contributed by atoms with Gasteiger partial charge < -0.3 is 0 Å². The molecule has 0 aromatic heterocycles. The van der Waals surface area contributed by atoms with Gasteiger partial charge in [0.25, 0.3) is 0 Å². The van der Waals surface area contributed by atoms with Crippen LogP contribution in [0.5, 0.6) is 0 Å². The number of alkyl halides is 10. The van der Waals surface area contributed by atoms with Gasteiger partial charge in [0.15, 0.2) is 0 Å². The molecule has 1 N–H and O–H groups in total. The van der Waals surface area contributed by atoms with Crippen LogP contribution >= 0.6 is 7.49 Å². The molecule has 0 radical (unpaired) electrons. The van der Waals surface area contributed by atoms with Crippen molar-refractivity contribution in [2.75, 3.05) is 6.16 Å². The Morgan fingerprint density at radius 1 is 0.654 bits per heavy atom. The minimum absolute atomic E-state index is 0.154. The molecule has 0 rings (SSSR count). The Morgan fingerprint density at radius 2 is 1.00 bits per heavy atom. The van der Waals surface area contributed by atoms with Crippen LogP contribution in [0.25, 0.3) is 0 Å². The molecule has 1 nitrogen and oxygen atoms in total. The summed E-state index contributed by atoms with van der Waals surface area (Å²) in [5, 5.41) is 0. The molecule has 0 fully saturated rings. The largest absolute Gasteiger partial charge is 0.496 e. The van der Waals surface area contributed by atoms with Crippen molar-refractivity contribution < 1.29 is 48.8 Å². The molecule has 12 heteroatoms. The zero-order valence-corrected chi connectivity index (χ0v) is 14.5. The number of hydrogen-bond donors (Lipinski definition) is 1. The summed E-state index contributed by atoms with van der Waals surface area (Å²) in [5.41, 5.74) is -13.1. The first kappa shape index (κ1) is 25.4. The Hall–Kier alpha value is -0.570. The fourth-order valence-corrected chi connectivity index (χ4v) is 4.65. The van der Waals surface area contributed by atoms with Crippen LogP contribution in [0.4, 0.5) is 43.9 Å². The number of hydrogen-bond acceptors (Lipinski definition) is 1. The van der Waals surface area contributed by atoms with Crippen LogP contribution in [0.1, 0.15) is 44.9 Å². The third-order valence-corrected chi connectivity index (χ3v) is 7.08. The Balaban J connectivity index is 5.19. The van der Waals surface area contributed by atoms with Crippen molar-refractivity contribution in [3.8, 4) is 0 Å². The zero-order chi connectivity index (χ0) is 20.9. The van der Waals surface area contributed by atoms with E-state index >= 15 is 0 Å². The smallest absolute Gasteiger partial charge is 0.238 e. The van der Waals surface area contributed by atoms with Crippen molar-refractivity contribution in [2.45, 2.75) is 68.6 Å². The number of halogens is 10. The van der Waals surface area contributed by atoms with Crippen molar-refractivity contribution in [3.05, 3.63) is 12.7 Å². The van der Waals surface area contributed by atoms with Crippen LogP contribution in [0.2, 0.25) is 0 Å². The minimum atomic E-state index is -7.11. The molecule has 0 saturated heterocycles. The molecule has 0 aliphatic rings. The average molecular weight is 425 g/mol. The van der Waals surface area contributed by atoms with Gasteiger partial charge in [-0.15, -0.1) is 6.58 Å². The summed E-state index contributed by atoms with van der Waals surface area (Å²) in [4.78, 5) is 9.37. The van der Waals surface area contributed by atoms with E-state index in [0.29, 0.717) is 19.3 Å². The van der Waals surface area contributed by atoms with Crippen LogP contribution < -0.4 is 0 Å². The van der Waals surface area contributed by atoms with E-state index in [1.54, 1.807) is 6.08 Å². The lowest BCUT2D eigenvalue weighted by Crippen LogP contribution is -2.51. The van der Waals surface area contributed by atoms with Gasteiger partial charge in [-0.05, 0) is 25.7 Å². The van der Waals surface area contributed by atoms with Crippen molar-refractivity contribution in [1.82, 2.24) is 0 Å². The van der Waals surface area contributed by atoms with Crippen LogP contribution in [0, 0.1) is 0 Å². The van der Waals surface area contributed by atoms with Gasteiger partial charge in [-0.3, -0.25) is 0 Å². The highest BCUT2D eigenvalue weighted by Crippen LogP contribution is 2.82. The van der Waals surface area contributed by atoms with E-state index in [4.69, 9.17) is 0 Å². The summed E-state index contributed by atoms with van der Waals surface area (Å²) in [6.45, 7) is 3.47. The lowest BCUT2D eigenvalue weighted by Gasteiger charge is -2.34. The van der Waals surface area contributed by atoms with Crippen molar-refractivity contribution in [3.63, 3.8) is 0 Å². The second kappa shape index (κ2) is 9.08. The highest BCUT2D eigenvalue weighted by Gasteiger charge is 2.91. The van der Waals surface area contributed by atoms with E-state index in [2.05, 4.69) is 6.58 Å². The van der Waals surface area contributed by atoms with Gasteiger partial charge in [0, 0.05) is 0 Å². The van der Waals surface area contributed by atoms with E-state index in [0.717, 1.165) is 6.42 Å². The molecular weight excluding hydrogens is 405 g/mol. The number of rotatable bonds is 11. The maximum absolute atomic E-state index is 13.4. The quantitative estimate of drug-likeness (QED) is 0.162. The van der Waals surface area contributed by atoms with Crippen LogP contribution in [0.15, 0.2) is 12.7 Å². The standard InChI is InChI=1S/C14H20F10OP/c1-2-3-4-5-6-7-8-9-10-26(25,13(21,22)11(15,16)17)14(23,24)12(18,19)20/h2,25H,1,3-10H2/q+1. The molecule has 0 saturated carbocycles. The van der Waals surface area contributed by atoms with Crippen LogP contribution in [0.3, 0.4) is 0 Å². The van der Waals surface area contributed by atoms with Crippen molar-refractivity contribution in [1.29, 1.82) is 0 Å². The summed E-state index contributed by atoms with van der Waals surface area (Å²) >= 11 is 0. The predicted molar refractivity (Wildman–Crippen MR) is 78.5 cm³/mol. The predicted octanol–water partition coefficient (Wildman–Crippen LogP) is 7.14. The van der Waals surface area contributed by atoms with Crippen LogP contribution in [-0.4, -0.2) is 34.7 Å².